The molecular formula is C17H23N3O6S. The van der Waals surface area contributed by atoms with E-state index in [2.05, 4.69) is 5.32 Å². The molecule has 2 aliphatic rings. The summed E-state index contributed by atoms with van der Waals surface area (Å²) < 4.78 is 30.6. The highest BCUT2D eigenvalue weighted by Crippen LogP contribution is 2.44. The summed E-state index contributed by atoms with van der Waals surface area (Å²) in [6, 6.07) is 3.71. The van der Waals surface area contributed by atoms with Crippen LogP contribution in [0.2, 0.25) is 0 Å². The lowest BCUT2D eigenvalue weighted by Crippen LogP contribution is -2.45. The fraction of sp³-hybridized carbons (Fsp3) is 0.588. The Morgan fingerprint density at radius 3 is 2.63 bits per heavy atom. The first-order valence-electron chi connectivity index (χ1n) is 8.78. The fourth-order valence-corrected chi connectivity index (χ4v) is 5.02. The third kappa shape index (κ3) is 4.15. The SMILES string of the molecule is COc1ccc([N+](=O)[O-])cc1N(CC(=O)N[C@H]1C[C@@H]2CC[C@@H]1C2)S(C)(=O)=O. The summed E-state index contributed by atoms with van der Waals surface area (Å²) in [5.41, 5.74) is -0.315. The number of hydrogen-bond donors (Lipinski definition) is 1. The number of hydrogen-bond acceptors (Lipinski definition) is 6. The Labute approximate surface area is 157 Å². The minimum atomic E-state index is -3.86. The summed E-state index contributed by atoms with van der Waals surface area (Å²) in [6.45, 7) is -0.454. The molecule has 2 saturated carbocycles. The van der Waals surface area contributed by atoms with Gasteiger partial charge in [-0.1, -0.05) is 6.42 Å². The van der Waals surface area contributed by atoms with Gasteiger partial charge in [0, 0.05) is 18.2 Å². The van der Waals surface area contributed by atoms with Gasteiger partial charge in [0.05, 0.1) is 18.3 Å². The summed E-state index contributed by atoms with van der Waals surface area (Å²) in [5.74, 6) is 0.812. The molecule has 3 atom stereocenters. The maximum absolute atomic E-state index is 12.5. The van der Waals surface area contributed by atoms with Gasteiger partial charge in [-0.05, 0) is 37.2 Å². The summed E-state index contributed by atoms with van der Waals surface area (Å²) in [6.07, 6.45) is 5.27. The predicted molar refractivity (Wildman–Crippen MR) is 99.2 cm³/mol. The van der Waals surface area contributed by atoms with Crippen LogP contribution in [0.15, 0.2) is 18.2 Å². The molecule has 27 heavy (non-hydrogen) atoms. The van der Waals surface area contributed by atoms with Gasteiger partial charge in [0.1, 0.15) is 18.0 Å². The second-order valence-electron chi connectivity index (χ2n) is 7.23. The van der Waals surface area contributed by atoms with Gasteiger partial charge in [0.25, 0.3) is 5.69 Å². The van der Waals surface area contributed by atoms with E-state index in [1.807, 2.05) is 0 Å². The molecule has 9 nitrogen and oxygen atoms in total. The third-order valence-electron chi connectivity index (χ3n) is 5.41. The molecule has 0 aliphatic heterocycles. The van der Waals surface area contributed by atoms with Gasteiger partial charge in [0.2, 0.25) is 15.9 Å². The predicted octanol–water partition coefficient (Wildman–Crippen LogP) is 1.67. The molecule has 1 N–H and O–H groups in total. The lowest BCUT2D eigenvalue weighted by molar-refractivity contribution is -0.384. The maximum Gasteiger partial charge on any atom is 0.271 e. The van der Waals surface area contributed by atoms with Gasteiger partial charge in [0.15, 0.2) is 0 Å². The Bertz CT molecular complexity index is 856. The van der Waals surface area contributed by atoms with Crippen LogP contribution >= 0.6 is 0 Å². The highest BCUT2D eigenvalue weighted by atomic mass is 32.2. The smallest absolute Gasteiger partial charge is 0.271 e. The number of sulfonamides is 1. The molecule has 1 aromatic carbocycles. The van der Waals surface area contributed by atoms with Crippen molar-refractivity contribution in [1.29, 1.82) is 0 Å². The molecular weight excluding hydrogens is 374 g/mol. The number of nitro groups is 1. The minimum absolute atomic E-state index is 0.0303. The van der Waals surface area contributed by atoms with E-state index >= 15 is 0 Å². The maximum atomic E-state index is 12.5. The van der Waals surface area contributed by atoms with Crippen LogP contribution in [0.3, 0.4) is 0 Å². The molecule has 0 saturated heterocycles. The number of nitrogens with zero attached hydrogens (tertiary/aromatic N) is 2. The van der Waals surface area contributed by atoms with Crippen molar-refractivity contribution >= 4 is 27.3 Å². The number of anilines is 1. The molecule has 1 amide bonds. The van der Waals surface area contributed by atoms with E-state index in [4.69, 9.17) is 4.74 Å². The van der Waals surface area contributed by atoms with Crippen molar-refractivity contribution in [3.05, 3.63) is 28.3 Å². The van der Waals surface area contributed by atoms with Gasteiger partial charge in [-0.15, -0.1) is 0 Å². The third-order valence-corrected chi connectivity index (χ3v) is 6.54. The van der Waals surface area contributed by atoms with Gasteiger partial charge < -0.3 is 10.1 Å². The zero-order chi connectivity index (χ0) is 19.8. The molecule has 1 aromatic rings. The van der Waals surface area contributed by atoms with Gasteiger partial charge in [-0.25, -0.2) is 8.42 Å². The monoisotopic (exact) mass is 397 g/mol. The van der Waals surface area contributed by atoms with E-state index in [0.29, 0.717) is 11.8 Å². The number of non-ortho nitro benzene ring substituents is 1. The van der Waals surface area contributed by atoms with Crippen LogP contribution in [0.4, 0.5) is 11.4 Å². The van der Waals surface area contributed by atoms with Crippen LogP contribution in [0.5, 0.6) is 5.75 Å². The van der Waals surface area contributed by atoms with Crippen LogP contribution in [0, 0.1) is 22.0 Å². The molecule has 0 aromatic heterocycles. The van der Waals surface area contributed by atoms with Gasteiger partial charge >= 0.3 is 0 Å². The Morgan fingerprint density at radius 2 is 2.11 bits per heavy atom. The number of carbonyl (C=O) groups excluding carboxylic acids is 1. The zero-order valence-corrected chi connectivity index (χ0v) is 16.1. The van der Waals surface area contributed by atoms with Crippen LogP contribution in [-0.4, -0.2) is 45.2 Å². The van der Waals surface area contributed by atoms with Crippen LogP contribution < -0.4 is 14.4 Å². The van der Waals surface area contributed by atoms with E-state index < -0.39 is 27.4 Å². The second kappa shape index (κ2) is 7.34. The Hall–Kier alpha value is -2.36. The topological polar surface area (TPSA) is 119 Å². The van der Waals surface area contributed by atoms with E-state index in [1.165, 1.54) is 25.7 Å². The van der Waals surface area contributed by atoms with E-state index in [1.54, 1.807) is 0 Å². The van der Waals surface area contributed by atoms with Crippen molar-refractivity contribution < 1.29 is 22.9 Å². The van der Waals surface area contributed by atoms with Crippen molar-refractivity contribution in [2.45, 2.75) is 31.7 Å². The number of methoxy groups -OCH3 is 1. The molecule has 0 unspecified atom stereocenters. The Kier molecular flexibility index (Phi) is 5.27. The van der Waals surface area contributed by atoms with Crippen molar-refractivity contribution in [2.24, 2.45) is 11.8 Å². The quantitative estimate of drug-likeness (QED) is 0.552. The first-order valence-corrected chi connectivity index (χ1v) is 10.6. The van der Waals surface area contributed by atoms with Crippen molar-refractivity contribution in [3.8, 4) is 5.75 Å². The lowest BCUT2D eigenvalue weighted by atomic mass is 9.95. The number of nitro benzene ring substituents is 1. The van der Waals surface area contributed by atoms with Crippen LogP contribution in [-0.2, 0) is 14.8 Å². The van der Waals surface area contributed by atoms with E-state index in [9.17, 15) is 23.3 Å². The number of rotatable bonds is 7. The highest BCUT2D eigenvalue weighted by molar-refractivity contribution is 7.92. The first kappa shape index (κ1) is 19.4. The molecule has 148 valence electrons. The number of ether oxygens (including phenoxy) is 1. The largest absolute Gasteiger partial charge is 0.495 e. The molecule has 0 spiro atoms. The Morgan fingerprint density at radius 1 is 1.37 bits per heavy atom. The normalized spacial score (nSPS) is 23.9. The second-order valence-corrected chi connectivity index (χ2v) is 9.14. The van der Waals surface area contributed by atoms with Crippen molar-refractivity contribution in [2.75, 3.05) is 24.2 Å². The fourth-order valence-electron chi connectivity index (χ4n) is 4.17. The van der Waals surface area contributed by atoms with Crippen LogP contribution in [0.25, 0.3) is 0 Å². The standard InChI is InChI=1S/C17H23N3O6S/c1-26-16-6-5-13(20(22)23)9-15(16)19(27(2,24)25)10-17(21)18-14-8-11-3-4-12(14)7-11/h5-6,9,11-12,14H,3-4,7-8,10H2,1-2H3,(H,18,21)/t11-,12-,14+/m1/s1. The summed E-state index contributed by atoms with van der Waals surface area (Å²) >= 11 is 0. The van der Waals surface area contributed by atoms with Crippen molar-refractivity contribution in [1.82, 2.24) is 5.32 Å². The molecule has 2 fully saturated rings. The molecule has 3 rings (SSSR count). The summed E-state index contributed by atoms with van der Waals surface area (Å²) in [7, 11) is -2.53. The molecule has 10 heteroatoms. The minimum Gasteiger partial charge on any atom is -0.495 e. The summed E-state index contributed by atoms with van der Waals surface area (Å²) in [5, 5.41) is 14.0. The number of fused-ring (bicyclic) bond motifs is 2. The molecule has 2 bridgehead atoms. The Balaban J connectivity index is 1.83. The lowest BCUT2D eigenvalue weighted by Gasteiger charge is -2.27. The number of amides is 1. The van der Waals surface area contributed by atoms with E-state index in [0.717, 1.165) is 35.9 Å². The van der Waals surface area contributed by atoms with Crippen molar-refractivity contribution in [3.63, 3.8) is 0 Å². The average molecular weight is 397 g/mol. The zero-order valence-electron chi connectivity index (χ0n) is 15.3. The van der Waals surface area contributed by atoms with Gasteiger partial charge in [-0.2, -0.15) is 0 Å². The summed E-state index contributed by atoms with van der Waals surface area (Å²) in [4.78, 5) is 23.0. The molecule has 0 radical (unpaired) electrons. The average Bonchev–Trinajstić information content (AvgIpc) is 3.21. The highest BCUT2D eigenvalue weighted by Gasteiger charge is 2.40. The number of benzene rings is 1. The molecule has 2 aliphatic carbocycles. The number of nitrogens with one attached hydrogen (secondary N) is 1. The molecule has 0 heterocycles. The number of carbonyl (C=O) groups is 1. The van der Waals surface area contributed by atoms with Gasteiger partial charge in [-0.3, -0.25) is 19.2 Å². The first-order chi connectivity index (χ1) is 12.7. The van der Waals surface area contributed by atoms with E-state index in [-0.39, 0.29) is 23.2 Å². The van der Waals surface area contributed by atoms with Crippen LogP contribution in [0.1, 0.15) is 25.7 Å².